The van der Waals surface area contributed by atoms with E-state index in [2.05, 4.69) is 37.1 Å². The molecule has 0 aliphatic carbocycles. The highest BCUT2D eigenvalue weighted by atomic mass is 79.9. The molecule has 30 heavy (non-hydrogen) atoms. The topological polar surface area (TPSA) is 105 Å². The van der Waals surface area contributed by atoms with Crippen molar-refractivity contribution in [3.8, 4) is 5.82 Å². The molecule has 0 bridgehead atoms. The fraction of sp³-hybridized carbons (Fsp3) is 0.0526. The molecule has 3 amide bonds. The number of aromatic nitrogens is 2. The Hall–Kier alpha value is -2.88. The predicted octanol–water partition coefficient (Wildman–Crippen LogP) is 3.89. The standard InChI is InChI=1S/C19H14BrCl2N5O3/c1-10-5-12(21)7-13(18(29)26-24-9-28)16(10)25-19(30)15-6-11(20)8-27(15)17-14(22)3-2-4-23-17/h2-9H,1H3,(H,24,28)(H,25,30)(H,26,29). The summed E-state index contributed by atoms with van der Waals surface area (Å²) in [5.74, 6) is -0.784. The van der Waals surface area contributed by atoms with Gasteiger partial charge in [0.2, 0.25) is 6.41 Å². The van der Waals surface area contributed by atoms with Crippen LogP contribution in [0.4, 0.5) is 5.69 Å². The molecule has 3 rings (SSSR count). The summed E-state index contributed by atoms with van der Waals surface area (Å²) in [5.41, 5.74) is 5.37. The predicted molar refractivity (Wildman–Crippen MR) is 117 cm³/mol. The molecule has 3 N–H and O–H groups in total. The summed E-state index contributed by atoms with van der Waals surface area (Å²) in [6, 6.07) is 7.92. The highest BCUT2D eigenvalue weighted by molar-refractivity contribution is 9.10. The molecule has 0 unspecified atom stereocenters. The minimum Gasteiger partial charge on any atom is -0.320 e. The maximum absolute atomic E-state index is 13.1. The lowest BCUT2D eigenvalue weighted by Crippen LogP contribution is -2.36. The van der Waals surface area contributed by atoms with Crippen LogP contribution in [0.2, 0.25) is 10.0 Å². The van der Waals surface area contributed by atoms with Crippen LogP contribution in [-0.4, -0.2) is 27.8 Å². The van der Waals surface area contributed by atoms with E-state index >= 15 is 0 Å². The number of nitrogens with one attached hydrogen (secondary N) is 3. The SMILES string of the molecule is Cc1cc(Cl)cc(C(=O)NNC=O)c1NC(=O)c1cc(Br)cn1-c1ncccc1Cl. The second-order valence-electron chi connectivity index (χ2n) is 6.04. The molecule has 154 valence electrons. The van der Waals surface area contributed by atoms with E-state index in [0.29, 0.717) is 32.3 Å². The summed E-state index contributed by atoms with van der Waals surface area (Å²) in [4.78, 5) is 40.2. The van der Waals surface area contributed by atoms with Crippen molar-refractivity contribution in [2.45, 2.75) is 6.92 Å². The van der Waals surface area contributed by atoms with Crippen LogP contribution in [0.1, 0.15) is 26.4 Å². The number of benzene rings is 1. The third-order valence-electron chi connectivity index (χ3n) is 4.01. The number of anilines is 1. The lowest BCUT2D eigenvalue weighted by molar-refractivity contribution is -0.110. The maximum atomic E-state index is 13.1. The Balaban J connectivity index is 2.01. The largest absolute Gasteiger partial charge is 0.320 e. The summed E-state index contributed by atoms with van der Waals surface area (Å²) in [7, 11) is 0. The minimum absolute atomic E-state index is 0.0794. The molecule has 0 aliphatic heterocycles. The molecular weight excluding hydrogens is 497 g/mol. The van der Waals surface area contributed by atoms with E-state index < -0.39 is 11.8 Å². The third kappa shape index (κ3) is 4.64. The maximum Gasteiger partial charge on any atom is 0.272 e. The van der Waals surface area contributed by atoms with Crippen LogP contribution in [0.15, 0.2) is 47.2 Å². The van der Waals surface area contributed by atoms with E-state index in [1.54, 1.807) is 43.6 Å². The van der Waals surface area contributed by atoms with Gasteiger partial charge in [0.05, 0.1) is 16.3 Å². The van der Waals surface area contributed by atoms with Crippen molar-refractivity contribution in [1.82, 2.24) is 20.4 Å². The van der Waals surface area contributed by atoms with Gasteiger partial charge in [-0.15, -0.1) is 0 Å². The fourth-order valence-corrected chi connectivity index (χ4v) is 3.67. The van der Waals surface area contributed by atoms with Crippen LogP contribution < -0.4 is 16.2 Å². The van der Waals surface area contributed by atoms with Crippen molar-refractivity contribution >= 4 is 63.0 Å². The molecule has 0 fully saturated rings. The van der Waals surface area contributed by atoms with Crippen molar-refractivity contribution in [3.63, 3.8) is 0 Å². The first-order valence-electron chi connectivity index (χ1n) is 8.41. The van der Waals surface area contributed by atoms with E-state index in [-0.39, 0.29) is 16.9 Å². The van der Waals surface area contributed by atoms with Gasteiger partial charge in [-0.25, -0.2) is 4.98 Å². The van der Waals surface area contributed by atoms with Crippen molar-refractivity contribution in [2.24, 2.45) is 0 Å². The second kappa shape index (κ2) is 9.29. The molecule has 8 nitrogen and oxygen atoms in total. The fourth-order valence-electron chi connectivity index (χ4n) is 2.76. The summed E-state index contributed by atoms with van der Waals surface area (Å²) < 4.78 is 2.16. The number of pyridine rings is 1. The third-order valence-corrected chi connectivity index (χ3v) is 4.96. The van der Waals surface area contributed by atoms with E-state index in [4.69, 9.17) is 23.2 Å². The van der Waals surface area contributed by atoms with E-state index in [9.17, 15) is 14.4 Å². The second-order valence-corrected chi connectivity index (χ2v) is 7.80. The molecule has 3 aromatic rings. The number of hydrazine groups is 1. The molecule has 0 atom stereocenters. The first-order chi connectivity index (χ1) is 14.3. The molecule has 0 aliphatic rings. The number of nitrogens with zero attached hydrogens (tertiary/aromatic N) is 2. The highest BCUT2D eigenvalue weighted by Gasteiger charge is 2.21. The Morgan fingerprint density at radius 3 is 2.67 bits per heavy atom. The first-order valence-corrected chi connectivity index (χ1v) is 9.96. The average Bonchev–Trinajstić information content (AvgIpc) is 3.09. The number of carbonyl (C=O) groups is 3. The van der Waals surface area contributed by atoms with Gasteiger partial charge in [0.25, 0.3) is 11.8 Å². The number of amides is 3. The van der Waals surface area contributed by atoms with Gasteiger partial charge in [0.15, 0.2) is 5.82 Å². The number of rotatable bonds is 6. The summed E-state index contributed by atoms with van der Waals surface area (Å²) >= 11 is 15.6. The Bertz CT molecular complexity index is 1150. The molecule has 1 aromatic carbocycles. The number of carbonyl (C=O) groups excluding carboxylic acids is 3. The summed E-state index contributed by atoms with van der Waals surface area (Å²) in [5, 5.41) is 3.39. The first kappa shape index (κ1) is 21.8. The van der Waals surface area contributed by atoms with Gasteiger partial charge in [-0.1, -0.05) is 23.2 Å². The van der Waals surface area contributed by atoms with Gasteiger partial charge in [0.1, 0.15) is 5.69 Å². The number of hydrogen-bond acceptors (Lipinski definition) is 4. The molecular formula is C19H14BrCl2N5O3. The Morgan fingerprint density at radius 2 is 1.97 bits per heavy atom. The van der Waals surface area contributed by atoms with Crippen LogP contribution in [0.5, 0.6) is 0 Å². The average molecular weight is 511 g/mol. The lowest BCUT2D eigenvalue weighted by Gasteiger charge is -2.15. The molecule has 11 heteroatoms. The van der Waals surface area contributed by atoms with Gasteiger partial charge in [-0.2, -0.15) is 0 Å². The molecule has 0 radical (unpaired) electrons. The van der Waals surface area contributed by atoms with Gasteiger partial charge in [-0.3, -0.25) is 29.8 Å². The molecule has 0 spiro atoms. The van der Waals surface area contributed by atoms with Crippen LogP contribution in [0.25, 0.3) is 5.82 Å². The summed E-state index contributed by atoms with van der Waals surface area (Å²) in [6.07, 6.45) is 3.52. The Kier molecular flexibility index (Phi) is 6.76. The Morgan fingerprint density at radius 1 is 1.20 bits per heavy atom. The summed E-state index contributed by atoms with van der Waals surface area (Å²) in [6.45, 7) is 1.69. The van der Waals surface area contributed by atoms with Crippen LogP contribution >= 0.6 is 39.1 Å². The van der Waals surface area contributed by atoms with Crippen LogP contribution in [0.3, 0.4) is 0 Å². The number of hydrogen-bond donors (Lipinski definition) is 3. The normalized spacial score (nSPS) is 10.4. The lowest BCUT2D eigenvalue weighted by atomic mass is 10.1. The van der Waals surface area contributed by atoms with Crippen molar-refractivity contribution in [3.05, 3.63) is 74.1 Å². The molecule has 2 aromatic heterocycles. The van der Waals surface area contributed by atoms with E-state index in [0.717, 1.165) is 0 Å². The number of aryl methyl sites for hydroxylation is 1. The molecule has 0 saturated heterocycles. The van der Waals surface area contributed by atoms with Crippen molar-refractivity contribution in [1.29, 1.82) is 0 Å². The van der Waals surface area contributed by atoms with E-state index in [1.165, 1.54) is 10.6 Å². The minimum atomic E-state index is -0.646. The zero-order chi connectivity index (χ0) is 21.8. The van der Waals surface area contributed by atoms with Crippen LogP contribution in [-0.2, 0) is 4.79 Å². The quantitative estimate of drug-likeness (QED) is 0.345. The molecule has 0 saturated carbocycles. The zero-order valence-electron chi connectivity index (χ0n) is 15.4. The van der Waals surface area contributed by atoms with E-state index in [1.807, 2.05) is 0 Å². The van der Waals surface area contributed by atoms with Gasteiger partial charge in [0, 0.05) is 21.9 Å². The number of halogens is 3. The van der Waals surface area contributed by atoms with Crippen molar-refractivity contribution in [2.75, 3.05) is 5.32 Å². The van der Waals surface area contributed by atoms with Crippen molar-refractivity contribution < 1.29 is 14.4 Å². The highest BCUT2D eigenvalue weighted by Crippen LogP contribution is 2.28. The van der Waals surface area contributed by atoms with Gasteiger partial charge >= 0.3 is 0 Å². The Labute approximate surface area is 189 Å². The van der Waals surface area contributed by atoms with Crippen LogP contribution in [0, 0.1) is 6.92 Å². The molecule has 2 heterocycles. The van der Waals surface area contributed by atoms with Gasteiger partial charge in [-0.05, 0) is 58.7 Å². The monoisotopic (exact) mass is 509 g/mol. The van der Waals surface area contributed by atoms with Gasteiger partial charge < -0.3 is 5.32 Å². The smallest absolute Gasteiger partial charge is 0.272 e. The zero-order valence-corrected chi connectivity index (χ0v) is 18.5.